The molecule has 0 saturated heterocycles. The summed E-state index contributed by atoms with van der Waals surface area (Å²) in [6, 6.07) is 9.33. The molecule has 1 unspecified atom stereocenters. The van der Waals surface area contributed by atoms with E-state index in [1.165, 1.54) is 17.1 Å². The minimum atomic E-state index is -0.395. The summed E-state index contributed by atoms with van der Waals surface area (Å²) in [5.41, 5.74) is 0.878. The van der Waals surface area contributed by atoms with E-state index < -0.39 is 4.95 Å². The molecule has 0 aromatic heterocycles. The molecule has 1 atom stereocenters. The van der Waals surface area contributed by atoms with Gasteiger partial charge in [0.25, 0.3) is 11.8 Å². The number of carbonyl (C=O) groups excluding carboxylic acids is 2. The van der Waals surface area contributed by atoms with Crippen molar-refractivity contribution in [1.29, 1.82) is 0 Å². The van der Waals surface area contributed by atoms with E-state index in [4.69, 9.17) is 0 Å². The highest BCUT2D eigenvalue weighted by Gasteiger charge is 2.30. The fourth-order valence-electron chi connectivity index (χ4n) is 1.40. The van der Waals surface area contributed by atoms with E-state index in [1.807, 2.05) is 30.3 Å². The van der Waals surface area contributed by atoms with Crippen molar-refractivity contribution in [3.05, 3.63) is 48.0 Å². The Hall–Kier alpha value is -1.42. The van der Waals surface area contributed by atoms with Gasteiger partial charge >= 0.3 is 0 Å². The Labute approximate surface area is 95.5 Å². The van der Waals surface area contributed by atoms with Crippen molar-refractivity contribution in [3.8, 4) is 0 Å². The number of hydrogen-bond donors (Lipinski definition) is 0. The SMILES string of the molecule is O=C1C=CC(=O)N1C(Br)c1ccccc1. The Morgan fingerprint density at radius 1 is 1.00 bits per heavy atom. The van der Waals surface area contributed by atoms with Gasteiger partial charge in [0.1, 0.15) is 4.95 Å². The quantitative estimate of drug-likeness (QED) is 0.466. The van der Waals surface area contributed by atoms with Gasteiger partial charge in [-0.15, -0.1) is 0 Å². The molecule has 1 heterocycles. The van der Waals surface area contributed by atoms with Gasteiger partial charge < -0.3 is 0 Å². The second-order valence-electron chi connectivity index (χ2n) is 3.13. The summed E-state index contributed by atoms with van der Waals surface area (Å²) >= 11 is 3.34. The molecule has 1 aliphatic heterocycles. The molecule has 15 heavy (non-hydrogen) atoms. The third-order valence-corrected chi connectivity index (χ3v) is 3.08. The standard InChI is InChI=1S/C11H8BrNO2/c12-11(8-4-2-1-3-5-8)13-9(14)6-7-10(13)15/h1-7,11H. The zero-order chi connectivity index (χ0) is 10.8. The van der Waals surface area contributed by atoms with Gasteiger partial charge in [-0.3, -0.25) is 14.5 Å². The zero-order valence-corrected chi connectivity index (χ0v) is 9.35. The lowest BCUT2D eigenvalue weighted by atomic mass is 10.2. The lowest BCUT2D eigenvalue weighted by Crippen LogP contribution is -2.31. The lowest BCUT2D eigenvalue weighted by Gasteiger charge is -2.20. The van der Waals surface area contributed by atoms with Gasteiger partial charge in [0.15, 0.2) is 0 Å². The average Bonchev–Trinajstić information content (AvgIpc) is 2.59. The van der Waals surface area contributed by atoms with Gasteiger partial charge in [-0.05, 0) is 5.56 Å². The maximum absolute atomic E-state index is 11.4. The number of alkyl halides is 1. The van der Waals surface area contributed by atoms with Gasteiger partial charge in [-0.2, -0.15) is 0 Å². The fourth-order valence-corrected chi connectivity index (χ4v) is 2.10. The van der Waals surface area contributed by atoms with Crippen LogP contribution < -0.4 is 0 Å². The Kier molecular flexibility index (Phi) is 2.68. The summed E-state index contributed by atoms with van der Waals surface area (Å²) in [7, 11) is 0. The number of halogens is 1. The van der Waals surface area contributed by atoms with E-state index in [0.717, 1.165) is 5.56 Å². The van der Waals surface area contributed by atoms with Crippen LogP contribution in [-0.4, -0.2) is 16.7 Å². The first-order chi connectivity index (χ1) is 7.20. The van der Waals surface area contributed by atoms with Crippen LogP contribution in [0.4, 0.5) is 0 Å². The molecular weight excluding hydrogens is 258 g/mol. The van der Waals surface area contributed by atoms with E-state index in [1.54, 1.807) is 0 Å². The molecule has 1 aromatic rings. The van der Waals surface area contributed by atoms with Gasteiger partial charge in [-0.1, -0.05) is 46.3 Å². The molecule has 0 aliphatic carbocycles. The Morgan fingerprint density at radius 2 is 1.53 bits per heavy atom. The predicted octanol–water partition coefficient (Wildman–Crippen LogP) is 2.01. The molecule has 0 radical (unpaired) electrons. The highest BCUT2D eigenvalue weighted by atomic mass is 79.9. The molecule has 3 nitrogen and oxygen atoms in total. The van der Waals surface area contributed by atoms with E-state index in [0.29, 0.717) is 0 Å². The van der Waals surface area contributed by atoms with Crippen LogP contribution in [0, 0.1) is 0 Å². The van der Waals surface area contributed by atoms with Gasteiger partial charge in [-0.25, -0.2) is 0 Å². The van der Waals surface area contributed by atoms with E-state index in [2.05, 4.69) is 15.9 Å². The molecule has 2 amide bonds. The number of carbonyl (C=O) groups is 2. The largest absolute Gasteiger partial charge is 0.269 e. The zero-order valence-electron chi connectivity index (χ0n) is 7.76. The number of imide groups is 1. The fraction of sp³-hybridized carbons (Fsp3) is 0.0909. The number of amides is 2. The Balaban J connectivity index is 2.26. The van der Waals surface area contributed by atoms with Crippen molar-refractivity contribution in [2.24, 2.45) is 0 Å². The topological polar surface area (TPSA) is 37.4 Å². The highest BCUT2D eigenvalue weighted by molar-refractivity contribution is 9.09. The van der Waals surface area contributed by atoms with Gasteiger partial charge in [0, 0.05) is 12.2 Å². The van der Waals surface area contributed by atoms with Crippen LogP contribution in [0.3, 0.4) is 0 Å². The first-order valence-corrected chi connectivity index (χ1v) is 5.36. The molecule has 0 N–H and O–H groups in total. The molecule has 2 rings (SSSR count). The van der Waals surface area contributed by atoms with Crippen molar-refractivity contribution >= 4 is 27.7 Å². The molecule has 1 aliphatic rings. The minimum absolute atomic E-state index is 0.286. The van der Waals surface area contributed by atoms with Crippen LogP contribution in [0.25, 0.3) is 0 Å². The molecule has 0 fully saturated rings. The normalized spacial score (nSPS) is 17.3. The summed E-state index contributed by atoms with van der Waals surface area (Å²) in [5.74, 6) is -0.573. The number of nitrogens with zero attached hydrogens (tertiary/aromatic N) is 1. The summed E-state index contributed by atoms with van der Waals surface area (Å²) in [5, 5.41) is 0. The number of benzene rings is 1. The van der Waals surface area contributed by atoms with E-state index in [-0.39, 0.29) is 11.8 Å². The van der Waals surface area contributed by atoms with Gasteiger partial charge in [0.05, 0.1) is 0 Å². The van der Waals surface area contributed by atoms with Crippen molar-refractivity contribution in [3.63, 3.8) is 0 Å². The van der Waals surface area contributed by atoms with Gasteiger partial charge in [0.2, 0.25) is 0 Å². The van der Waals surface area contributed by atoms with Crippen LogP contribution in [0.5, 0.6) is 0 Å². The molecular formula is C11H8BrNO2. The van der Waals surface area contributed by atoms with Crippen LogP contribution in [0.2, 0.25) is 0 Å². The summed E-state index contributed by atoms with van der Waals surface area (Å²) in [6.45, 7) is 0. The highest BCUT2D eigenvalue weighted by Crippen LogP contribution is 2.29. The molecule has 0 saturated carbocycles. The second-order valence-corrected chi connectivity index (χ2v) is 3.99. The Bertz CT molecular complexity index is 409. The average molecular weight is 266 g/mol. The third-order valence-electron chi connectivity index (χ3n) is 2.14. The van der Waals surface area contributed by atoms with Crippen LogP contribution in [0.15, 0.2) is 42.5 Å². The van der Waals surface area contributed by atoms with E-state index >= 15 is 0 Å². The number of rotatable bonds is 2. The van der Waals surface area contributed by atoms with Crippen molar-refractivity contribution in [2.75, 3.05) is 0 Å². The molecule has 0 spiro atoms. The third kappa shape index (κ3) is 1.85. The summed E-state index contributed by atoms with van der Waals surface area (Å²) in [4.78, 5) is 23.6. The van der Waals surface area contributed by atoms with Crippen molar-refractivity contribution < 1.29 is 9.59 Å². The van der Waals surface area contributed by atoms with Crippen LogP contribution in [0.1, 0.15) is 10.5 Å². The van der Waals surface area contributed by atoms with Crippen LogP contribution >= 0.6 is 15.9 Å². The van der Waals surface area contributed by atoms with Crippen molar-refractivity contribution in [1.82, 2.24) is 4.90 Å². The van der Waals surface area contributed by atoms with E-state index in [9.17, 15) is 9.59 Å². The number of hydrogen-bond acceptors (Lipinski definition) is 2. The Morgan fingerprint density at radius 3 is 2.07 bits per heavy atom. The first kappa shape index (κ1) is 10.1. The summed E-state index contributed by atoms with van der Waals surface area (Å²) < 4.78 is 0. The molecule has 1 aromatic carbocycles. The minimum Gasteiger partial charge on any atom is -0.269 e. The maximum atomic E-state index is 11.4. The summed E-state index contributed by atoms with van der Waals surface area (Å²) in [6.07, 6.45) is 2.55. The van der Waals surface area contributed by atoms with Crippen LogP contribution in [-0.2, 0) is 9.59 Å². The maximum Gasteiger partial charge on any atom is 0.254 e. The smallest absolute Gasteiger partial charge is 0.254 e. The monoisotopic (exact) mass is 265 g/mol. The molecule has 0 bridgehead atoms. The second kappa shape index (κ2) is 3.98. The predicted molar refractivity (Wildman–Crippen MR) is 59.1 cm³/mol. The molecule has 76 valence electrons. The van der Waals surface area contributed by atoms with Crippen molar-refractivity contribution in [2.45, 2.75) is 4.95 Å². The molecule has 4 heteroatoms. The first-order valence-electron chi connectivity index (χ1n) is 4.44. The lowest BCUT2D eigenvalue weighted by molar-refractivity contribution is -0.137.